The van der Waals surface area contributed by atoms with Gasteiger partial charge < -0.3 is 19.7 Å². The van der Waals surface area contributed by atoms with Gasteiger partial charge in [-0.2, -0.15) is 0 Å². The molecule has 0 aromatic heterocycles. The summed E-state index contributed by atoms with van der Waals surface area (Å²) in [5.74, 6) is 1.16. The lowest BCUT2D eigenvalue weighted by Gasteiger charge is -2.17. The fourth-order valence-corrected chi connectivity index (χ4v) is 3.99. The van der Waals surface area contributed by atoms with Crippen LogP contribution in [0.5, 0.6) is 11.5 Å². The lowest BCUT2D eigenvalue weighted by Crippen LogP contribution is -2.30. The Morgan fingerprint density at radius 3 is 2.57 bits per heavy atom. The Bertz CT molecular complexity index is 923. The third-order valence-electron chi connectivity index (χ3n) is 4.56. The summed E-state index contributed by atoms with van der Waals surface area (Å²) >= 11 is 1.66. The Balaban J connectivity index is 1.35. The van der Waals surface area contributed by atoms with Crippen LogP contribution < -0.4 is 14.8 Å². The number of amides is 1. The number of methoxy groups -OCH3 is 1. The number of thioether (sulfide) groups is 1. The number of benzene rings is 2. The third-order valence-corrected chi connectivity index (χ3v) is 5.46. The van der Waals surface area contributed by atoms with Gasteiger partial charge in [-0.1, -0.05) is 23.9 Å². The summed E-state index contributed by atoms with van der Waals surface area (Å²) in [5, 5.41) is 6.09. The lowest BCUT2D eigenvalue weighted by atomic mass is 10.1. The van der Waals surface area contributed by atoms with E-state index in [1.54, 1.807) is 50.1 Å². The molecule has 2 aliphatic heterocycles. The van der Waals surface area contributed by atoms with Gasteiger partial charge in [0.05, 0.1) is 19.4 Å². The molecule has 144 valence electrons. The zero-order valence-electron chi connectivity index (χ0n) is 15.7. The van der Waals surface area contributed by atoms with Crippen LogP contribution >= 0.6 is 11.8 Å². The second kappa shape index (κ2) is 7.98. The molecule has 6 nitrogen and oxygen atoms in total. The number of carbonyl (C=O) groups is 1. The first kappa shape index (κ1) is 18.4. The van der Waals surface area contributed by atoms with Gasteiger partial charge in [0, 0.05) is 17.6 Å². The van der Waals surface area contributed by atoms with Crippen LogP contribution in [0, 0.1) is 0 Å². The lowest BCUT2D eigenvalue weighted by molar-refractivity contribution is -0.122. The van der Waals surface area contributed by atoms with Crippen molar-refractivity contribution in [3.8, 4) is 11.5 Å². The molecule has 0 saturated carbocycles. The minimum Gasteiger partial charge on any atom is -0.497 e. The van der Waals surface area contributed by atoms with Crippen LogP contribution in [0.3, 0.4) is 0 Å². The molecule has 1 atom stereocenters. The number of carbonyl (C=O) groups excluding carboxylic acids is 1. The van der Waals surface area contributed by atoms with Crippen LogP contribution in [0.2, 0.25) is 0 Å². The molecule has 1 amide bonds. The van der Waals surface area contributed by atoms with E-state index in [2.05, 4.69) is 20.6 Å². The summed E-state index contributed by atoms with van der Waals surface area (Å²) in [7, 11) is 1.61. The summed E-state index contributed by atoms with van der Waals surface area (Å²) in [6, 6.07) is 15.0. The van der Waals surface area contributed by atoms with E-state index in [1.165, 1.54) is 0 Å². The van der Waals surface area contributed by atoms with Gasteiger partial charge in [-0.05, 0) is 48.9 Å². The number of amidine groups is 1. The summed E-state index contributed by atoms with van der Waals surface area (Å²) in [5.41, 5.74) is 3.01. The largest absolute Gasteiger partial charge is 0.497 e. The van der Waals surface area contributed by atoms with E-state index in [9.17, 15) is 4.79 Å². The van der Waals surface area contributed by atoms with Crippen molar-refractivity contribution in [1.82, 2.24) is 4.90 Å². The van der Waals surface area contributed by atoms with E-state index in [-0.39, 0.29) is 5.91 Å². The highest BCUT2D eigenvalue weighted by atomic mass is 32.2. The van der Waals surface area contributed by atoms with Crippen molar-refractivity contribution in [2.24, 2.45) is 4.99 Å². The zero-order valence-corrected chi connectivity index (χ0v) is 16.5. The minimum atomic E-state index is -0.620. The normalized spacial score (nSPS) is 16.1. The fourth-order valence-electron chi connectivity index (χ4n) is 3.03. The van der Waals surface area contributed by atoms with Gasteiger partial charge in [-0.25, -0.2) is 0 Å². The number of hydrogen-bond donors (Lipinski definition) is 1. The number of hydrogen-bond acceptors (Lipinski definition) is 6. The van der Waals surface area contributed by atoms with Gasteiger partial charge in [0.15, 0.2) is 11.3 Å². The quantitative estimate of drug-likeness (QED) is 0.806. The highest BCUT2D eigenvalue weighted by molar-refractivity contribution is 8.16. The SMILES string of the molecule is COc1ccc(OC(C)C(=O)Nc2ccc(C3=CSC4=NCCN34)cc2)cc1. The van der Waals surface area contributed by atoms with E-state index < -0.39 is 6.10 Å². The first-order valence-corrected chi connectivity index (χ1v) is 9.93. The average molecular weight is 395 g/mol. The first-order valence-electron chi connectivity index (χ1n) is 9.05. The molecule has 7 heteroatoms. The highest BCUT2D eigenvalue weighted by Crippen LogP contribution is 2.35. The van der Waals surface area contributed by atoms with Crippen molar-refractivity contribution in [2.45, 2.75) is 13.0 Å². The van der Waals surface area contributed by atoms with Gasteiger partial charge in [-0.3, -0.25) is 9.79 Å². The molecule has 0 aliphatic carbocycles. The van der Waals surface area contributed by atoms with Gasteiger partial charge in [0.1, 0.15) is 11.5 Å². The molecule has 0 radical (unpaired) electrons. The second-order valence-electron chi connectivity index (χ2n) is 6.44. The predicted octanol–water partition coefficient (Wildman–Crippen LogP) is 3.82. The molecule has 28 heavy (non-hydrogen) atoms. The maximum absolute atomic E-state index is 12.4. The maximum Gasteiger partial charge on any atom is 0.265 e. The van der Waals surface area contributed by atoms with E-state index in [4.69, 9.17) is 9.47 Å². The van der Waals surface area contributed by atoms with Crippen LogP contribution in [0.4, 0.5) is 5.69 Å². The monoisotopic (exact) mass is 395 g/mol. The summed E-state index contributed by atoms with van der Waals surface area (Å²) in [4.78, 5) is 19.1. The fraction of sp³-hybridized carbons (Fsp3) is 0.238. The summed E-state index contributed by atoms with van der Waals surface area (Å²) < 4.78 is 10.8. The Kier molecular flexibility index (Phi) is 5.25. The molecular weight excluding hydrogens is 374 g/mol. The number of nitrogens with zero attached hydrogens (tertiary/aromatic N) is 2. The van der Waals surface area contributed by atoms with Crippen LogP contribution in [-0.4, -0.2) is 42.3 Å². The molecule has 2 aromatic rings. The van der Waals surface area contributed by atoms with E-state index >= 15 is 0 Å². The van der Waals surface area contributed by atoms with E-state index in [1.807, 2.05) is 24.3 Å². The minimum absolute atomic E-state index is 0.201. The Morgan fingerprint density at radius 1 is 1.14 bits per heavy atom. The van der Waals surface area contributed by atoms with Crippen LogP contribution in [0.1, 0.15) is 12.5 Å². The molecular formula is C21H21N3O3S. The number of rotatable bonds is 6. The predicted molar refractivity (Wildman–Crippen MR) is 113 cm³/mol. The molecule has 1 unspecified atom stereocenters. The molecule has 0 saturated heterocycles. The Labute approximate surface area is 168 Å². The Hall–Kier alpha value is -2.93. The first-order chi connectivity index (χ1) is 13.6. The van der Waals surface area contributed by atoms with Crippen molar-refractivity contribution in [3.05, 3.63) is 59.5 Å². The smallest absolute Gasteiger partial charge is 0.265 e. The number of anilines is 1. The van der Waals surface area contributed by atoms with Gasteiger partial charge >= 0.3 is 0 Å². The highest BCUT2D eigenvalue weighted by Gasteiger charge is 2.27. The maximum atomic E-state index is 12.4. The second-order valence-corrected chi connectivity index (χ2v) is 7.28. The van der Waals surface area contributed by atoms with Gasteiger partial charge in [0.2, 0.25) is 0 Å². The van der Waals surface area contributed by atoms with Crippen molar-refractivity contribution < 1.29 is 14.3 Å². The number of aliphatic imine (C=N–C) groups is 1. The van der Waals surface area contributed by atoms with Gasteiger partial charge in [0.25, 0.3) is 5.91 Å². The van der Waals surface area contributed by atoms with E-state index in [0.29, 0.717) is 5.75 Å². The zero-order chi connectivity index (χ0) is 19.5. The van der Waals surface area contributed by atoms with Gasteiger partial charge in [-0.15, -0.1) is 0 Å². The molecule has 2 aromatic carbocycles. The average Bonchev–Trinajstić information content (AvgIpc) is 3.33. The molecule has 0 fully saturated rings. The van der Waals surface area contributed by atoms with Crippen LogP contribution in [0.15, 0.2) is 58.9 Å². The molecule has 2 heterocycles. The van der Waals surface area contributed by atoms with Crippen molar-refractivity contribution in [1.29, 1.82) is 0 Å². The molecule has 1 N–H and O–H groups in total. The molecule has 0 spiro atoms. The number of fused-ring (bicyclic) bond motifs is 1. The third kappa shape index (κ3) is 3.84. The molecule has 0 bridgehead atoms. The topological polar surface area (TPSA) is 63.2 Å². The summed E-state index contributed by atoms with van der Waals surface area (Å²) in [6.45, 7) is 3.50. The van der Waals surface area contributed by atoms with Crippen molar-refractivity contribution >= 4 is 34.2 Å². The molecule has 4 rings (SSSR count). The van der Waals surface area contributed by atoms with Crippen LogP contribution in [0.25, 0.3) is 5.70 Å². The Morgan fingerprint density at radius 2 is 1.86 bits per heavy atom. The van der Waals surface area contributed by atoms with E-state index in [0.717, 1.165) is 41.0 Å². The number of nitrogens with one attached hydrogen (secondary N) is 1. The summed E-state index contributed by atoms with van der Waals surface area (Å²) in [6.07, 6.45) is -0.620. The number of ether oxygens (including phenoxy) is 2. The standard InChI is InChI=1S/C21H21N3O3S/c1-14(27-18-9-7-17(26-2)8-10-18)20(25)23-16-5-3-15(4-6-16)19-13-28-21-22-11-12-24(19)21/h3-10,13-14H,11-12H2,1-2H3,(H,23,25). The van der Waals surface area contributed by atoms with Crippen molar-refractivity contribution in [3.63, 3.8) is 0 Å². The molecule has 2 aliphatic rings. The van der Waals surface area contributed by atoms with Crippen LogP contribution in [-0.2, 0) is 4.79 Å². The van der Waals surface area contributed by atoms with Crippen molar-refractivity contribution in [2.75, 3.05) is 25.5 Å².